The van der Waals surface area contributed by atoms with Gasteiger partial charge in [0.2, 0.25) is 0 Å². The summed E-state index contributed by atoms with van der Waals surface area (Å²) in [5.74, 6) is -0.775. The molecule has 0 atom stereocenters. The van der Waals surface area contributed by atoms with Crippen molar-refractivity contribution in [3.63, 3.8) is 0 Å². The van der Waals surface area contributed by atoms with Gasteiger partial charge in [0, 0.05) is 4.88 Å². The maximum Gasteiger partial charge on any atom is 0.308 e. The van der Waals surface area contributed by atoms with Crippen LogP contribution in [0.1, 0.15) is 16.9 Å². The summed E-state index contributed by atoms with van der Waals surface area (Å²) in [4.78, 5) is 11.4. The third kappa shape index (κ3) is 4.76. The molecule has 3 nitrogen and oxygen atoms in total. The van der Waals surface area contributed by atoms with Crippen LogP contribution in [0.5, 0.6) is 0 Å². The van der Waals surface area contributed by atoms with E-state index in [0.717, 1.165) is 23.4 Å². The molecule has 0 saturated heterocycles. The Kier molecular flexibility index (Phi) is 5.07. The van der Waals surface area contributed by atoms with E-state index >= 15 is 0 Å². The van der Waals surface area contributed by atoms with Crippen molar-refractivity contribution >= 4 is 23.4 Å². The average molecular weight is 225 g/mol. The molecule has 0 aliphatic carbocycles. The van der Waals surface area contributed by atoms with E-state index in [1.54, 1.807) is 0 Å². The number of nitrogens with one attached hydrogen (secondary N) is 1. The molecule has 0 fully saturated rings. The number of carbonyl (C=O) groups is 1. The number of carboxylic acid groups (broad SMARTS) is 1. The minimum absolute atomic E-state index is 0.120. The minimum Gasteiger partial charge on any atom is -0.481 e. The predicted octanol–water partition coefficient (Wildman–Crippen LogP) is 2.00. The van der Waals surface area contributed by atoms with Gasteiger partial charge in [0.1, 0.15) is 0 Å². The zero-order valence-corrected chi connectivity index (χ0v) is 9.51. The van der Waals surface area contributed by atoms with E-state index in [4.69, 9.17) is 5.11 Å². The Hall–Kier alpha value is -1.13. The maximum atomic E-state index is 10.5. The van der Waals surface area contributed by atoms with Crippen molar-refractivity contribution in [3.8, 4) is 0 Å². The topological polar surface area (TPSA) is 49.3 Å². The lowest BCUT2D eigenvalue weighted by molar-refractivity contribution is -0.136. The van der Waals surface area contributed by atoms with Gasteiger partial charge in [0.25, 0.3) is 0 Å². The Labute approximate surface area is 93.4 Å². The first-order chi connectivity index (χ1) is 7.22. The first-order valence-corrected chi connectivity index (χ1v) is 5.70. The van der Waals surface area contributed by atoms with Crippen molar-refractivity contribution < 1.29 is 9.90 Å². The predicted molar refractivity (Wildman–Crippen MR) is 63.2 cm³/mol. The summed E-state index contributed by atoms with van der Waals surface area (Å²) < 4.78 is 0. The van der Waals surface area contributed by atoms with Gasteiger partial charge in [-0.1, -0.05) is 12.2 Å². The molecule has 0 amide bonds. The number of thiophene rings is 1. The number of rotatable bonds is 6. The van der Waals surface area contributed by atoms with Gasteiger partial charge in [-0.15, -0.1) is 11.3 Å². The van der Waals surface area contributed by atoms with Crippen LogP contribution in [0.2, 0.25) is 0 Å². The fourth-order valence-corrected chi connectivity index (χ4v) is 2.02. The first-order valence-electron chi connectivity index (χ1n) is 4.82. The molecule has 1 rings (SSSR count). The molecular weight excluding hydrogens is 210 g/mol. The van der Waals surface area contributed by atoms with Crippen LogP contribution in [0.15, 0.2) is 17.5 Å². The highest BCUT2D eigenvalue weighted by molar-refractivity contribution is 7.10. The third-order valence-corrected chi connectivity index (χ3v) is 2.83. The number of hydrogen-bond donors (Lipinski definition) is 2. The molecule has 1 aromatic heterocycles. The summed E-state index contributed by atoms with van der Waals surface area (Å²) in [6.45, 7) is 0.961. The van der Waals surface area contributed by atoms with Crippen LogP contribution < -0.4 is 5.32 Å². The molecule has 0 aromatic carbocycles. The molecule has 2 N–H and O–H groups in total. The Morgan fingerprint density at radius 1 is 1.67 bits per heavy atom. The van der Waals surface area contributed by atoms with Crippen LogP contribution in [-0.4, -0.2) is 24.7 Å². The molecule has 1 aromatic rings. The highest BCUT2D eigenvalue weighted by Gasteiger charge is 2.02. The second kappa shape index (κ2) is 6.37. The number of carboxylic acids is 1. The highest BCUT2D eigenvalue weighted by atomic mass is 32.1. The lowest BCUT2D eigenvalue weighted by Gasteiger charge is -1.90. The van der Waals surface area contributed by atoms with Gasteiger partial charge < -0.3 is 10.4 Å². The van der Waals surface area contributed by atoms with Gasteiger partial charge in [0.05, 0.1) is 6.42 Å². The third-order valence-electron chi connectivity index (χ3n) is 1.87. The van der Waals surface area contributed by atoms with E-state index in [9.17, 15) is 4.79 Å². The molecule has 0 bridgehead atoms. The summed E-state index contributed by atoms with van der Waals surface area (Å²) in [6, 6.07) is 1.93. The Bertz CT molecular complexity index is 344. The van der Waals surface area contributed by atoms with Crippen molar-refractivity contribution in [2.45, 2.75) is 12.8 Å². The molecule has 1 heterocycles. The van der Waals surface area contributed by atoms with Gasteiger partial charge in [-0.2, -0.15) is 0 Å². The summed E-state index contributed by atoms with van der Waals surface area (Å²) in [7, 11) is 1.92. The Morgan fingerprint density at radius 2 is 2.47 bits per heavy atom. The number of aliphatic carboxylic acids is 1. The lowest BCUT2D eigenvalue weighted by atomic mass is 10.2. The van der Waals surface area contributed by atoms with Gasteiger partial charge in [-0.05, 0) is 37.0 Å². The molecule has 0 aliphatic rings. The molecular formula is C11H15NO2S. The normalized spacial score (nSPS) is 11.0. The summed E-state index contributed by atoms with van der Waals surface area (Å²) in [5.41, 5.74) is 1.09. The van der Waals surface area contributed by atoms with Crippen LogP contribution in [-0.2, 0) is 11.2 Å². The maximum absolute atomic E-state index is 10.5. The van der Waals surface area contributed by atoms with Crippen molar-refractivity contribution in [1.82, 2.24) is 5.32 Å². The fourth-order valence-electron chi connectivity index (χ4n) is 1.17. The minimum atomic E-state index is -0.775. The molecule has 0 unspecified atom stereocenters. The van der Waals surface area contributed by atoms with Crippen LogP contribution in [0.4, 0.5) is 0 Å². The number of hydrogen-bond acceptors (Lipinski definition) is 3. The van der Waals surface area contributed by atoms with Gasteiger partial charge in [0.15, 0.2) is 0 Å². The van der Waals surface area contributed by atoms with E-state index in [1.807, 2.05) is 24.6 Å². The molecule has 0 aliphatic heterocycles. The van der Waals surface area contributed by atoms with E-state index in [-0.39, 0.29) is 6.42 Å². The second-order valence-electron chi connectivity index (χ2n) is 3.21. The van der Waals surface area contributed by atoms with Gasteiger partial charge >= 0.3 is 5.97 Å². The molecule has 0 saturated carbocycles. The Balaban J connectivity index is 2.45. The van der Waals surface area contributed by atoms with Crippen LogP contribution in [0, 0.1) is 0 Å². The van der Waals surface area contributed by atoms with Crippen molar-refractivity contribution in [2.24, 2.45) is 0 Å². The summed E-state index contributed by atoms with van der Waals surface area (Å²) >= 11 is 1.49. The van der Waals surface area contributed by atoms with Gasteiger partial charge in [-0.25, -0.2) is 0 Å². The fraction of sp³-hybridized carbons (Fsp3) is 0.364. The van der Waals surface area contributed by atoms with Gasteiger partial charge in [-0.3, -0.25) is 4.79 Å². The smallest absolute Gasteiger partial charge is 0.308 e. The van der Waals surface area contributed by atoms with E-state index in [1.165, 1.54) is 11.3 Å². The van der Waals surface area contributed by atoms with E-state index < -0.39 is 5.97 Å². The SMILES string of the molecule is CNCCC=Cc1csc(CC(=O)O)c1. The molecule has 82 valence electrons. The van der Waals surface area contributed by atoms with Crippen LogP contribution in [0.25, 0.3) is 6.08 Å². The van der Waals surface area contributed by atoms with E-state index in [0.29, 0.717) is 0 Å². The lowest BCUT2D eigenvalue weighted by Crippen LogP contribution is -2.05. The first kappa shape index (κ1) is 11.9. The Morgan fingerprint density at radius 3 is 3.13 bits per heavy atom. The monoisotopic (exact) mass is 225 g/mol. The second-order valence-corrected chi connectivity index (χ2v) is 4.21. The molecule has 4 heteroatoms. The van der Waals surface area contributed by atoms with Crippen molar-refractivity contribution in [1.29, 1.82) is 0 Å². The van der Waals surface area contributed by atoms with Crippen molar-refractivity contribution in [3.05, 3.63) is 28.0 Å². The van der Waals surface area contributed by atoms with E-state index in [2.05, 4.69) is 11.4 Å². The zero-order valence-electron chi connectivity index (χ0n) is 8.69. The summed E-state index contributed by atoms with van der Waals surface area (Å²) in [5, 5.41) is 13.6. The highest BCUT2D eigenvalue weighted by Crippen LogP contribution is 2.16. The molecule has 0 spiro atoms. The molecule has 15 heavy (non-hydrogen) atoms. The molecule has 0 radical (unpaired) electrons. The van der Waals surface area contributed by atoms with Crippen LogP contribution >= 0.6 is 11.3 Å². The van der Waals surface area contributed by atoms with Crippen LogP contribution in [0.3, 0.4) is 0 Å². The standard InChI is InChI=1S/C11H15NO2S/c1-12-5-3-2-4-9-6-10(15-8-9)7-11(13)14/h2,4,6,8,12H,3,5,7H2,1H3,(H,13,14). The summed E-state index contributed by atoms with van der Waals surface area (Å²) in [6.07, 6.45) is 5.22. The quantitative estimate of drug-likeness (QED) is 0.728. The largest absolute Gasteiger partial charge is 0.481 e. The zero-order chi connectivity index (χ0) is 11.1. The average Bonchev–Trinajstić information content (AvgIpc) is 2.59. The van der Waals surface area contributed by atoms with Crippen molar-refractivity contribution in [2.75, 3.05) is 13.6 Å².